The third-order valence-corrected chi connectivity index (χ3v) is 2.14. The molecule has 1 rings (SSSR count). The van der Waals surface area contributed by atoms with E-state index in [0.29, 0.717) is 19.0 Å². The van der Waals surface area contributed by atoms with Crippen LogP contribution in [0.15, 0.2) is 23.5 Å². The Kier molecular flexibility index (Phi) is 4.77. The number of hydrogen-bond acceptors (Lipinski definition) is 3. The van der Waals surface area contributed by atoms with Crippen molar-refractivity contribution in [3.63, 3.8) is 0 Å². The van der Waals surface area contributed by atoms with Crippen molar-refractivity contribution < 1.29 is 4.74 Å². The molecule has 4 nitrogen and oxygen atoms in total. The molecule has 15 heavy (non-hydrogen) atoms. The topological polar surface area (TPSA) is 60.5 Å². The number of aliphatic imine (C=N–C) groups is 1. The minimum atomic E-state index is 0.561. The smallest absolute Gasteiger partial charge is 0.126 e. The number of methoxy groups -OCH3 is 1. The highest BCUT2D eigenvalue weighted by Gasteiger charge is 2.03. The van der Waals surface area contributed by atoms with Crippen molar-refractivity contribution in [2.24, 2.45) is 10.7 Å². The third kappa shape index (κ3) is 3.32. The minimum Gasteiger partial charge on any atom is -0.383 e. The number of aromatic nitrogens is 1. The maximum Gasteiger partial charge on any atom is 0.126 e. The highest BCUT2D eigenvalue weighted by molar-refractivity contribution is 5.98. The summed E-state index contributed by atoms with van der Waals surface area (Å²) in [7, 11) is 1.65. The SMILES string of the molecule is CCc1cnccc1C(N)=NCCOC. The van der Waals surface area contributed by atoms with Gasteiger partial charge in [-0.1, -0.05) is 6.92 Å². The molecule has 1 heterocycles. The van der Waals surface area contributed by atoms with Crippen LogP contribution in [0.4, 0.5) is 0 Å². The highest BCUT2D eigenvalue weighted by Crippen LogP contribution is 2.06. The molecule has 0 aliphatic rings. The zero-order valence-electron chi connectivity index (χ0n) is 9.23. The molecule has 0 saturated carbocycles. The molecule has 4 heteroatoms. The standard InChI is InChI=1S/C11H17N3O/c1-3-9-8-13-5-4-10(9)11(12)14-6-7-15-2/h4-5,8H,3,6-7H2,1-2H3,(H2,12,14). The van der Waals surface area contributed by atoms with E-state index in [1.165, 1.54) is 0 Å². The maximum absolute atomic E-state index is 5.88. The highest BCUT2D eigenvalue weighted by atomic mass is 16.5. The number of aryl methyl sites for hydroxylation is 1. The lowest BCUT2D eigenvalue weighted by atomic mass is 10.1. The van der Waals surface area contributed by atoms with E-state index in [1.54, 1.807) is 13.3 Å². The number of hydrogen-bond donors (Lipinski definition) is 1. The van der Waals surface area contributed by atoms with Gasteiger partial charge >= 0.3 is 0 Å². The molecule has 1 aromatic heterocycles. The zero-order valence-corrected chi connectivity index (χ0v) is 9.23. The van der Waals surface area contributed by atoms with Crippen LogP contribution in [0.2, 0.25) is 0 Å². The first-order valence-corrected chi connectivity index (χ1v) is 5.01. The Hall–Kier alpha value is -1.42. The second kappa shape index (κ2) is 6.14. The third-order valence-electron chi connectivity index (χ3n) is 2.14. The van der Waals surface area contributed by atoms with Crippen molar-refractivity contribution in [1.82, 2.24) is 4.98 Å². The first-order chi connectivity index (χ1) is 7.29. The van der Waals surface area contributed by atoms with Crippen LogP contribution < -0.4 is 5.73 Å². The van der Waals surface area contributed by atoms with E-state index in [4.69, 9.17) is 10.5 Å². The monoisotopic (exact) mass is 207 g/mol. The zero-order chi connectivity index (χ0) is 11.1. The average Bonchev–Trinajstić information content (AvgIpc) is 2.29. The van der Waals surface area contributed by atoms with Crippen molar-refractivity contribution in [2.45, 2.75) is 13.3 Å². The van der Waals surface area contributed by atoms with Gasteiger partial charge in [-0.05, 0) is 18.1 Å². The van der Waals surface area contributed by atoms with Crippen LogP contribution >= 0.6 is 0 Å². The lowest BCUT2D eigenvalue weighted by molar-refractivity contribution is 0.208. The Morgan fingerprint density at radius 3 is 3.07 bits per heavy atom. The molecular formula is C11H17N3O. The fourth-order valence-electron chi connectivity index (χ4n) is 1.30. The van der Waals surface area contributed by atoms with Gasteiger partial charge in [0.25, 0.3) is 0 Å². The summed E-state index contributed by atoms with van der Waals surface area (Å²) in [6.45, 7) is 3.25. The fraction of sp³-hybridized carbons (Fsp3) is 0.455. The first-order valence-electron chi connectivity index (χ1n) is 5.01. The lowest BCUT2D eigenvalue weighted by Crippen LogP contribution is -2.17. The van der Waals surface area contributed by atoms with Gasteiger partial charge in [-0.3, -0.25) is 9.98 Å². The molecule has 0 aromatic carbocycles. The van der Waals surface area contributed by atoms with Gasteiger partial charge in [0.2, 0.25) is 0 Å². The molecule has 0 saturated heterocycles. The van der Waals surface area contributed by atoms with Crippen LogP contribution in [-0.2, 0) is 11.2 Å². The summed E-state index contributed by atoms with van der Waals surface area (Å²) in [5.74, 6) is 0.561. The summed E-state index contributed by atoms with van der Waals surface area (Å²) in [4.78, 5) is 8.29. The fourth-order valence-corrected chi connectivity index (χ4v) is 1.30. The molecule has 82 valence electrons. The first kappa shape index (κ1) is 11.7. The van der Waals surface area contributed by atoms with E-state index in [2.05, 4.69) is 16.9 Å². The average molecular weight is 207 g/mol. The summed E-state index contributed by atoms with van der Waals surface area (Å²) in [5, 5.41) is 0. The second-order valence-corrected chi connectivity index (χ2v) is 3.15. The summed E-state index contributed by atoms with van der Waals surface area (Å²) < 4.78 is 4.91. The Bertz CT molecular complexity index is 336. The Balaban J connectivity index is 2.80. The molecule has 2 N–H and O–H groups in total. The summed E-state index contributed by atoms with van der Waals surface area (Å²) in [6.07, 6.45) is 4.46. The number of ether oxygens (including phenoxy) is 1. The van der Waals surface area contributed by atoms with E-state index >= 15 is 0 Å². The van der Waals surface area contributed by atoms with Gasteiger partial charge in [-0.25, -0.2) is 0 Å². The predicted molar refractivity (Wildman–Crippen MR) is 61.1 cm³/mol. The molecule has 0 aliphatic carbocycles. The predicted octanol–water partition coefficient (Wildman–Crippen LogP) is 0.996. The summed E-state index contributed by atoms with van der Waals surface area (Å²) >= 11 is 0. The molecule has 0 atom stereocenters. The normalized spacial score (nSPS) is 11.7. The van der Waals surface area contributed by atoms with E-state index in [9.17, 15) is 0 Å². The van der Waals surface area contributed by atoms with Crippen molar-refractivity contribution in [3.05, 3.63) is 29.6 Å². The number of pyridine rings is 1. The number of nitrogens with zero attached hydrogens (tertiary/aromatic N) is 2. The van der Waals surface area contributed by atoms with Gasteiger partial charge < -0.3 is 10.5 Å². The van der Waals surface area contributed by atoms with Gasteiger partial charge in [-0.2, -0.15) is 0 Å². The van der Waals surface area contributed by atoms with Gasteiger partial charge in [-0.15, -0.1) is 0 Å². The van der Waals surface area contributed by atoms with Gasteiger partial charge in [0.05, 0.1) is 13.2 Å². The van der Waals surface area contributed by atoms with Gasteiger partial charge in [0, 0.05) is 25.1 Å². The maximum atomic E-state index is 5.88. The van der Waals surface area contributed by atoms with Crippen LogP contribution in [0.3, 0.4) is 0 Å². The van der Waals surface area contributed by atoms with Crippen molar-refractivity contribution in [1.29, 1.82) is 0 Å². The van der Waals surface area contributed by atoms with E-state index < -0.39 is 0 Å². The molecule has 0 spiro atoms. The van der Waals surface area contributed by atoms with Crippen LogP contribution in [0.5, 0.6) is 0 Å². The molecule has 0 amide bonds. The Labute approximate surface area is 90.2 Å². The van der Waals surface area contributed by atoms with Crippen molar-refractivity contribution in [2.75, 3.05) is 20.3 Å². The second-order valence-electron chi connectivity index (χ2n) is 3.15. The molecule has 0 bridgehead atoms. The van der Waals surface area contributed by atoms with Crippen LogP contribution in [-0.4, -0.2) is 31.1 Å². The molecule has 0 unspecified atom stereocenters. The number of nitrogens with two attached hydrogens (primary N) is 1. The molecule has 0 aliphatic heterocycles. The molecule has 0 radical (unpaired) electrons. The van der Waals surface area contributed by atoms with E-state index in [1.807, 2.05) is 12.3 Å². The largest absolute Gasteiger partial charge is 0.383 e. The van der Waals surface area contributed by atoms with Crippen molar-refractivity contribution in [3.8, 4) is 0 Å². The minimum absolute atomic E-state index is 0.561. The number of amidine groups is 1. The summed E-state index contributed by atoms with van der Waals surface area (Å²) in [6, 6.07) is 1.89. The van der Waals surface area contributed by atoms with Gasteiger partial charge in [0.15, 0.2) is 0 Å². The van der Waals surface area contributed by atoms with Crippen molar-refractivity contribution >= 4 is 5.84 Å². The Morgan fingerprint density at radius 2 is 2.40 bits per heavy atom. The Morgan fingerprint density at radius 1 is 1.60 bits per heavy atom. The van der Waals surface area contributed by atoms with E-state index in [0.717, 1.165) is 17.5 Å². The quantitative estimate of drug-likeness (QED) is 0.445. The van der Waals surface area contributed by atoms with E-state index in [-0.39, 0.29) is 0 Å². The van der Waals surface area contributed by atoms with Crippen LogP contribution in [0, 0.1) is 0 Å². The molecule has 0 fully saturated rings. The lowest BCUT2D eigenvalue weighted by Gasteiger charge is -2.06. The number of rotatable bonds is 5. The molecule has 1 aromatic rings. The van der Waals surface area contributed by atoms with Gasteiger partial charge in [0.1, 0.15) is 5.84 Å². The summed E-state index contributed by atoms with van der Waals surface area (Å²) in [5.41, 5.74) is 7.98. The van der Waals surface area contributed by atoms with Crippen LogP contribution in [0.25, 0.3) is 0 Å². The van der Waals surface area contributed by atoms with Crippen LogP contribution in [0.1, 0.15) is 18.1 Å². The molecular weight excluding hydrogens is 190 g/mol.